The third-order valence-corrected chi connectivity index (χ3v) is 3.15. The summed E-state index contributed by atoms with van der Waals surface area (Å²) in [6.45, 7) is 9.45. The summed E-state index contributed by atoms with van der Waals surface area (Å²) >= 11 is 1.40. The Bertz CT molecular complexity index is 323. The van der Waals surface area contributed by atoms with Crippen LogP contribution in [-0.4, -0.2) is 27.6 Å². The van der Waals surface area contributed by atoms with Gasteiger partial charge in [0.25, 0.3) is 0 Å². The van der Waals surface area contributed by atoms with E-state index in [1.807, 2.05) is 0 Å². The minimum atomic E-state index is 0.0818. The fraction of sp³-hybridized carbons (Fsp3) is 0.818. The zero-order valence-electron chi connectivity index (χ0n) is 10.4. The number of aromatic nitrogens is 2. The van der Waals surface area contributed by atoms with Gasteiger partial charge >= 0.3 is 0 Å². The van der Waals surface area contributed by atoms with Gasteiger partial charge in [-0.2, -0.15) is 4.37 Å². The Balaban J connectivity index is 2.48. The van der Waals surface area contributed by atoms with Crippen molar-refractivity contribution in [1.29, 1.82) is 0 Å². The highest BCUT2D eigenvalue weighted by atomic mass is 32.1. The van der Waals surface area contributed by atoms with Crippen molar-refractivity contribution >= 4 is 16.7 Å². The van der Waals surface area contributed by atoms with Crippen LogP contribution in [0.1, 0.15) is 45.9 Å². The second-order valence-electron chi connectivity index (χ2n) is 5.10. The fourth-order valence-electron chi connectivity index (χ4n) is 1.25. The zero-order valence-corrected chi connectivity index (χ0v) is 11.3. The quantitative estimate of drug-likeness (QED) is 0.806. The lowest BCUT2D eigenvalue weighted by Crippen LogP contribution is -2.24. The van der Waals surface area contributed by atoms with Crippen LogP contribution in [0, 0.1) is 5.41 Å². The molecule has 1 rings (SSSR count). The van der Waals surface area contributed by atoms with Gasteiger partial charge in [-0.25, -0.2) is 4.98 Å². The van der Waals surface area contributed by atoms with Crippen molar-refractivity contribution in [2.45, 2.75) is 40.0 Å². The Morgan fingerprint density at radius 2 is 2.12 bits per heavy atom. The van der Waals surface area contributed by atoms with Gasteiger partial charge in [0.05, 0.1) is 0 Å². The van der Waals surface area contributed by atoms with Gasteiger partial charge in [0.2, 0.25) is 5.13 Å². The number of aliphatic hydroxyl groups is 1. The summed E-state index contributed by atoms with van der Waals surface area (Å²) in [6, 6.07) is 0. The van der Waals surface area contributed by atoms with Crippen molar-refractivity contribution in [3.05, 3.63) is 5.82 Å². The van der Waals surface area contributed by atoms with E-state index in [9.17, 15) is 0 Å². The number of anilines is 1. The van der Waals surface area contributed by atoms with Gasteiger partial charge in [-0.15, -0.1) is 0 Å². The van der Waals surface area contributed by atoms with Gasteiger partial charge in [0.15, 0.2) is 0 Å². The second kappa shape index (κ2) is 5.59. The number of rotatable bonds is 6. The lowest BCUT2D eigenvalue weighted by molar-refractivity contribution is 0.220. The maximum Gasteiger partial charge on any atom is 0.202 e. The van der Waals surface area contributed by atoms with Crippen LogP contribution in [0.4, 0.5) is 5.13 Å². The molecule has 0 unspecified atom stereocenters. The molecule has 1 aromatic heterocycles. The average Bonchev–Trinajstić information content (AvgIpc) is 2.63. The van der Waals surface area contributed by atoms with Gasteiger partial charge in [-0.3, -0.25) is 0 Å². The minimum absolute atomic E-state index is 0.0818. The molecule has 5 heteroatoms. The number of hydrogen-bond donors (Lipinski definition) is 2. The molecule has 0 amide bonds. The van der Waals surface area contributed by atoms with Crippen molar-refractivity contribution < 1.29 is 5.11 Å². The SMILES string of the molecule is CC(C)c1nsc(NCC(C)(C)CCO)n1. The van der Waals surface area contributed by atoms with E-state index in [1.165, 1.54) is 11.5 Å². The van der Waals surface area contributed by atoms with Crippen molar-refractivity contribution in [3.63, 3.8) is 0 Å². The summed E-state index contributed by atoms with van der Waals surface area (Å²) in [5.41, 5.74) is 0.0818. The lowest BCUT2D eigenvalue weighted by atomic mass is 9.90. The molecule has 92 valence electrons. The maximum absolute atomic E-state index is 8.92. The van der Waals surface area contributed by atoms with Crippen molar-refractivity contribution in [1.82, 2.24) is 9.36 Å². The summed E-state index contributed by atoms with van der Waals surface area (Å²) in [4.78, 5) is 4.41. The maximum atomic E-state index is 8.92. The normalized spacial score (nSPS) is 12.1. The number of nitrogens with one attached hydrogen (secondary N) is 1. The molecular weight excluding hydrogens is 222 g/mol. The summed E-state index contributed by atoms with van der Waals surface area (Å²) < 4.78 is 4.28. The molecule has 0 aliphatic carbocycles. The van der Waals surface area contributed by atoms with E-state index in [-0.39, 0.29) is 12.0 Å². The summed E-state index contributed by atoms with van der Waals surface area (Å²) in [7, 11) is 0. The number of nitrogens with zero attached hydrogens (tertiary/aromatic N) is 2. The molecule has 0 aromatic carbocycles. The van der Waals surface area contributed by atoms with Crippen LogP contribution in [-0.2, 0) is 0 Å². The van der Waals surface area contributed by atoms with E-state index in [2.05, 4.69) is 42.4 Å². The Labute approximate surface area is 101 Å². The number of aliphatic hydroxyl groups excluding tert-OH is 1. The summed E-state index contributed by atoms with van der Waals surface area (Å²) in [5.74, 6) is 1.27. The van der Waals surface area contributed by atoms with Crippen molar-refractivity contribution in [2.24, 2.45) is 5.41 Å². The first kappa shape index (κ1) is 13.4. The molecule has 0 fully saturated rings. The molecule has 1 aromatic rings. The first-order valence-electron chi connectivity index (χ1n) is 5.63. The highest BCUT2D eigenvalue weighted by Gasteiger charge is 2.17. The van der Waals surface area contributed by atoms with Crippen molar-refractivity contribution in [2.75, 3.05) is 18.5 Å². The molecule has 1 heterocycles. The Hall–Kier alpha value is -0.680. The van der Waals surface area contributed by atoms with Crippen LogP contribution in [0.3, 0.4) is 0 Å². The molecule has 16 heavy (non-hydrogen) atoms. The van der Waals surface area contributed by atoms with Gasteiger partial charge < -0.3 is 10.4 Å². The second-order valence-corrected chi connectivity index (χ2v) is 5.86. The molecule has 2 N–H and O–H groups in total. The highest BCUT2D eigenvalue weighted by molar-refractivity contribution is 7.09. The molecule has 0 aliphatic heterocycles. The first-order valence-corrected chi connectivity index (χ1v) is 6.40. The molecule has 0 saturated heterocycles. The van der Waals surface area contributed by atoms with Gasteiger partial charge in [0, 0.05) is 30.6 Å². The number of hydrogen-bond acceptors (Lipinski definition) is 5. The molecule has 0 radical (unpaired) electrons. The van der Waals surface area contributed by atoms with Crippen LogP contribution in [0.25, 0.3) is 0 Å². The average molecular weight is 243 g/mol. The van der Waals surface area contributed by atoms with Crippen LogP contribution in [0.5, 0.6) is 0 Å². The molecular formula is C11H21N3OS. The Morgan fingerprint density at radius 3 is 2.62 bits per heavy atom. The van der Waals surface area contributed by atoms with E-state index in [1.54, 1.807) is 0 Å². The van der Waals surface area contributed by atoms with Gasteiger partial charge in [-0.05, 0) is 11.8 Å². The molecule has 0 aliphatic rings. The topological polar surface area (TPSA) is 58.0 Å². The van der Waals surface area contributed by atoms with E-state index >= 15 is 0 Å². The largest absolute Gasteiger partial charge is 0.396 e. The Morgan fingerprint density at radius 1 is 1.44 bits per heavy atom. The summed E-state index contributed by atoms with van der Waals surface area (Å²) in [6.07, 6.45) is 0.788. The summed E-state index contributed by atoms with van der Waals surface area (Å²) in [5, 5.41) is 13.1. The van der Waals surface area contributed by atoms with E-state index in [4.69, 9.17) is 5.11 Å². The molecule has 0 saturated carbocycles. The van der Waals surface area contributed by atoms with Crippen LogP contribution >= 0.6 is 11.5 Å². The minimum Gasteiger partial charge on any atom is -0.396 e. The third-order valence-electron chi connectivity index (χ3n) is 2.46. The lowest BCUT2D eigenvalue weighted by Gasteiger charge is -2.23. The zero-order chi connectivity index (χ0) is 12.2. The van der Waals surface area contributed by atoms with E-state index in [0.29, 0.717) is 5.92 Å². The highest BCUT2D eigenvalue weighted by Crippen LogP contribution is 2.22. The standard InChI is InChI=1S/C11H21N3OS/c1-8(2)9-13-10(16-14-9)12-7-11(3,4)5-6-15/h8,15H,5-7H2,1-4H3,(H,12,13,14). The van der Waals surface area contributed by atoms with Gasteiger partial charge in [0.1, 0.15) is 5.82 Å². The fourth-order valence-corrected chi connectivity index (χ4v) is 1.95. The Kier molecular flexibility index (Phi) is 4.68. The molecule has 4 nitrogen and oxygen atoms in total. The smallest absolute Gasteiger partial charge is 0.202 e. The first-order chi connectivity index (χ1) is 7.44. The monoisotopic (exact) mass is 243 g/mol. The molecule has 0 spiro atoms. The van der Waals surface area contributed by atoms with Crippen LogP contribution in [0.2, 0.25) is 0 Å². The van der Waals surface area contributed by atoms with Crippen molar-refractivity contribution in [3.8, 4) is 0 Å². The van der Waals surface area contributed by atoms with Gasteiger partial charge in [-0.1, -0.05) is 27.7 Å². The van der Waals surface area contributed by atoms with Crippen LogP contribution < -0.4 is 5.32 Å². The predicted molar refractivity (Wildman–Crippen MR) is 68.0 cm³/mol. The van der Waals surface area contributed by atoms with E-state index < -0.39 is 0 Å². The van der Waals surface area contributed by atoms with E-state index in [0.717, 1.165) is 23.9 Å². The predicted octanol–water partition coefficient (Wildman–Crippen LogP) is 2.48. The third kappa shape index (κ3) is 4.06. The molecule has 0 atom stereocenters. The molecule has 0 bridgehead atoms. The van der Waals surface area contributed by atoms with Crippen LogP contribution in [0.15, 0.2) is 0 Å².